The fraction of sp³-hybridized carbons (Fsp3) is 0.0625. The molecule has 2 amide bonds. The zero-order valence-electron chi connectivity index (χ0n) is 13.0. The summed E-state index contributed by atoms with van der Waals surface area (Å²) < 4.78 is 5.97. The Hall–Kier alpha value is -1.87. The lowest BCUT2D eigenvalue weighted by Crippen LogP contribution is -2.49. The molecule has 2 aromatic rings. The Bertz CT molecular complexity index is 851. The van der Waals surface area contributed by atoms with E-state index in [-0.39, 0.29) is 11.7 Å². The van der Waals surface area contributed by atoms with E-state index >= 15 is 0 Å². The quantitative estimate of drug-likeness (QED) is 0.465. The highest BCUT2D eigenvalue weighted by Gasteiger charge is 2.10. The van der Waals surface area contributed by atoms with Crippen molar-refractivity contribution in [2.24, 2.45) is 0 Å². The highest BCUT2D eigenvalue weighted by molar-refractivity contribution is 9.10. The third-order valence-electron chi connectivity index (χ3n) is 2.88. The zero-order chi connectivity index (χ0) is 19.1. The molecule has 26 heavy (non-hydrogen) atoms. The predicted octanol–water partition coefficient (Wildman–Crippen LogP) is 3.47. The average Bonchev–Trinajstić information content (AvgIpc) is 2.59. The Labute approximate surface area is 173 Å². The van der Waals surface area contributed by atoms with Crippen molar-refractivity contribution >= 4 is 68.3 Å². The lowest BCUT2D eigenvalue weighted by Gasteiger charge is -2.12. The van der Waals surface area contributed by atoms with Crippen LogP contribution in [0.25, 0.3) is 0 Å². The molecule has 0 aliphatic heterocycles. The molecule has 136 valence electrons. The fourth-order valence-electron chi connectivity index (χ4n) is 1.73. The predicted molar refractivity (Wildman–Crippen MR) is 107 cm³/mol. The lowest BCUT2D eigenvalue weighted by atomic mass is 10.2. The van der Waals surface area contributed by atoms with Gasteiger partial charge in [0.15, 0.2) is 11.7 Å². The molecule has 2 rings (SSSR count). The number of nitrogens with one attached hydrogen (secondary N) is 3. The number of rotatable bonds is 4. The number of carbonyl (C=O) groups excluding carboxylic acids is 2. The van der Waals surface area contributed by atoms with Crippen LogP contribution in [0.15, 0.2) is 46.9 Å². The topological polar surface area (TPSA) is 79.5 Å². The van der Waals surface area contributed by atoms with Gasteiger partial charge >= 0.3 is 0 Å². The van der Waals surface area contributed by atoms with E-state index in [4.69, 9.17) is 40.2 Å². The zero-order valence-corrected chi connectivity index (χ0v) is 16.9. The maximum atomic E-state index is 12.0. The van der Waals surface area contributed by atoms with Crippen LogP contribution in [0.5, 0.6) is 5.75 Å². The van der Waals surface area contributed by atoms with Gasteiger partial charge in [-0.3, -0.25) is 25.8 Å². The van der Waals surface area contributed by atoms with Gasteiger partial charge in [-0.25, -0.2) is 0 Å². The van der Waals surface area contributed by atoms with Crippen LogP contribution in [0.2, 0.25) is 10.0 Å². The second-order valence-corrected chi connectivity index (χ2v) is 6.97. The maximum Gasteiger partial charge on any atom is 0.276 e. The molecule has 0 saturated heterocycles. The Morgan fingerprint density at radius 1 is 1.08 bits per heavy atom. The molecule has 0 radical (unpaired) electrons. The van der Waals surface area contributed by atoms with Gasteiger partial charge in [0.05, 0.1) is 4.47 Å². The molecule has 0 unspecified atom stereocenters. The number of ether oxygens (including phenoxy) is 1. The first kappa shape index (κ1) is 20.4. The Balaban J connectivity index is 1.76. The second-order valence-electron chi connectivity index (χ2n) is 4.83. The first-order chi connectivity index (χ1) is 12.3. The number of amides is 2. The first-order valence-electron chi connectivity index (χ1n) is 7.09. The molecule has 10 heteroatoms. The summed E-state index contributed by atoms with van der Waals surface area (Å²) in [5.41, 5.74) is 5.06. The van der Waals surface area contributed by atoms with Crippen LogP contribution in [0, 0.1) is 0 Å². The number of hydrogen-bond donors (Lipinski definition) is 3. The molecule has 3 N–H and O–H groups in total. The van der Waals surface area contributed by atoms with Crippen molar-refractivity contribution in [2.75, 3.05) is 6.61 Å². The van der Waals surface area contributed by atoms with Crippen LogP contribution in [0.1, 0.15) is 10.4 Å². The van der Waals surface area contributed by atoms with E-state index in [1.54, 1.807) is 36.4 Å². The van der Waals surface area contributed by atoms with Crippen molar-refractivity contribution in [1.29, 1.82) is 0 Å². The summed E-state index contributed by atoms with van der Waals surface area (Å²) in [7, 11) is 0. The summed E-state index contributed by atoms with van der Waals surface area (Å²) in [5, 5.41) is 3.30. The van der Waals surface area contributed by atoms with E-state index in [0.717, 1.165) is 0 Å². The third kappa shape index (κ3) is 6.45. The van der Waals surface area contributed by atoms with Crippen molar-refractivity contribution in [3.05, 3.63) is 62.5 Å². The lowest BCUT2D eigenvalue weighted by molar-refractivity contribution is -0.123. The van der Waals surface area contributed by atoms with E-state index in [1.165, 1.54) is 6.07 Å². The number of halogens is 3. The van der Waals surface area contributed by atoms with Crippen LogP contribution in [-0.4, -0.2) is 23.5 Å². The van der Waals surface area contributed by atoms with E-state index in [1.807, 2.05) is 0 Å². The van der Waals surface area contributed by atoms with Crippen LogP contribution in [0.4, 0.5) is 0 Å². The Morgan fingerprint density at radius 2 is 1.81 bits per heavy atom. The monoisotopic (exact) mass is 475 g/mol. The Kier molecular flexibility index (Phi) is 7.65. The molecule has 0 fully saturated rings. The van der Waals surface area contributed by atoms with Crippen LogP contribution in [-0.2, 0) is 4.79 Å². The van der Waals surface area contributed by atoms with Crippen molar-refractivity contribution in [3.63, 3.8) is 0 Å². The molecule has 0 bridgehead atoms. The molecule has 0 aromatic heterocycles. The third-order valence-corrected chi connectivity index (χ3v) is 4.18. The van der Waals surface area contributed by atoms with E-state index < -0.39 is 11.8 Å². The molecule has 0 heterocycles. The van der Waals surface area contributed by atoms with E-state index in [9.17, 15) is 9.59 Å². The van der Waals surface area contributed by atoms with E-state index in [2.05, 4.69) is 32.1 Å². The van der Waals surface area contributed by atoms with Gasteiger partial charge in [-0.15, -0.1) is 0 Å². The van der Waals surface area contributed by atoms with Crippen molar-refractivity contribution < 1.29 is 14.3 Å². The van der Waals surface area contributed by atoms with Crippen LogP contribution in [0.3, 0.4) is 0 Å². The highest BCUT2D eigenvalue weighted by Crippen LogP contribution is 2.27. The molecule has 2 aromatic carbocycles. The number of hydrogen-bond acceptors (Lipinski definition) is 4. The standard InChI is InChI=1S/C16H12BrCl2N3O3S/c17-12-7-11(19)4-5-13(12)25-8-14(23)21-22-16(26)20-15(24)9-2-1-3-10(18)6-9/h1-7H,8H2,(H,21,23)(H2,20,22,24,26). The van der Waals surface area contributed by atoms with Gasteiger partial charge in [0.1, 0.15) is 5.75 Å². The molecular weight excluding hydrogens is 465 g/mol. The molecule has 0 aliphatic rings. The summed E-state index contributed by atoms with van der Waals surface area (Å²) in [6.07, 6.45) is 0. The first-order valence-corrected chi connectivity index (χ1v) is 9.04. The number of thiocarbonyl (C=S) groups is 1. The number of benzene rings is 2. The SMILES string of the molecule is O=C(COc1ccc(Cl)cc1Br)NNC(=S)NC(=O)c1cccc(Cl)c1. The fourth-order valence-corrected chi connectivity index (χ4v) is 2.87. The molecule has 0 atom stereocenters. The number of carbonyl (C=O) groups is 2. The van der Waals surface area contributed by atoms with Gasteiger partial charge in [0, 0.05) is 15.6 Å². The van der Waals surface area contributed by atoms with Crippen molar-refractivity contribution in [1.82, 2.24) is 16.2 Å². The van der Waals surface area contributed by atoms with Gasteiger partial charge in [0.25, 0.3) is 11.8 Å². The van der Waals surface area contributed by atoms with Gasteiger partial charge < -0.3 is 4.74 Å². The summed E-state index contributed by atoms with van der Waals surface area (Å²) in [6.45, 7) is -0.266. The van der Waals surface area contributed by atoms with Gasteiger partial charge in [0.2, 0.25) is 0 Å². The molecule has 6 nitrogen and oxygen atoms in total. The van der Waals surface area contributed by atoms with Gasteiger partial charge in [-0.05, 0) is 64.5 Å². The maximum absolute atomic E-state index is 12.0. The molecular formula is C16H12BrCl2N3O3S. The van der Waals surface area contributed by atoms with Gasteiger partial charge in [-0.2, -0.15) is 0 Å². The largest absolute Gasteiger partial charge is 0.483 e. The summed E-state index contributed by atoms with van der Waals surface area (Å²) in [5.74, 6) is -0.492. The minimum absolute atomic E-state index is 0.0731. The summed E-state index contributed by atoms with van der Waals surface area (Å²) in [4.78, 5) is 23.7. The normalized spacial score (nSPS) is 9.96. The van der Waals surface area contributed by atoms with Crippen molar-refractivity contribution in [2.45, 2.75) is 0 Å². The highest BCUT2D eigenvalue weighted by atomic mass is 79.9. The van der Waals surface area contributed by atoms with E-state index in [0.29, 0.717) is 25.8 Å². The summed E-state index contributed by atoms with van der Waals surface area (Å²) >= 11 is 19.9. The molecule has 0 spiro atoms. The number of hydrazine groups is 1. The van der Waals surface area contributed by atoms with Gasteiger partial charge in [-0.1, -0.05) is 29.3 Å². The smallest absolute Gasteiger partial charge is 0.276 e. The summed E-state index contributed by atoms with van der Waals surface area (Å²) in [6, 6.07) is 11.3. The second kappa shape index (κ2) is 9.72. The average molecular weight is 477 g/mol. The van der Waals surface area contributed by atoms with Crippen LogP contribution >= 0.6 is 51.3 Å². The minimum atomic E-state index is -0.494. The minimum Gasteiger partial charge on any atom is -0.483 e. The molecule has 0 aliphatic carbocycles. The van der Waals surface area contributed by atoms with Crippen molar-refractivity contribution in [3.8, 4) is 5.75 Å². The molecule has 0 saturated carbocycles. The Morgan fingerprint density at radius 3 is 2.50 bits per heavy atom. The van der Waals surface area contributed by atoms with Crippen LogP contribution < -0.4 is 20.9 Å².